The van der Waals surface area contributed by atoms with E-state index in [1.165, 1.54) is 0 Å². The van der Waals surface area contributed by atoms with Crippen molar-refractivity contribution >= 4 is 0 Å². The molecule has 0 radical (unpaired) electrons. The van der Waals surface area contributed by atoms with Crippen LogP contribution in [0.25, 0.3) is 78.9 Å². The van der Waals surface area contributed by atoms with Crippen LogP contribution in [0.4, 0.5) is 0 Å². The van der Waals surface area contributed by atoms with Gasteiger partial charge in [-0.1, -0.05) is 115 Å². The monoisotopic (exact) mass is 630 g/mol. The lowest BCUT2D eigenvalue weighted by Crippen LogP contribution is -2.00. The fraction of sp³-hybridized carbons (Fsp3) is 0.0233. The third-order valence-electron chi connectivity index (χ3n) is 8.47. The largest absolute Gasteiger partial charge is 0.261 e. The molecule has 3 heterocycles. The first-order valence-corrected chi connectivity index (χ1v) is 16.1. The van der Waals surface area contributed by atoms with Gasteiger partial charge in [0, 0.05) is 52.1 Å². The fourth-order valence-corrected chi connectivity index (χ4v) is 5.92. The third-order valence-corrected chi connectivity index (χ3v) is 8.47. The summed E-state index contributed by atoms with van der Waals surface area (Å²) in [4.78, 5) is 28.3. The molecule has 0 atom stereocenters. The van der Waals surface area contributed by atoms with Gasteiger partial charge >= 0.3 is 0 Å². The smallest absolute Gasteiger partial charge is 0.164 e. The molecule has 0 fully saturated rings. The average molecular weight is 631 g/mol. The van der Waals surface area contributed by atoms with Crippen molar-refractivity contribution in [1.82, 2.24) is 29.9 Å². The second-order valence-electron chi connectivity index (χ2n) is 11.7. The maximum atomic E-state index is 5.04. The van der Waals surface area contributed by atoms with Crippen LogP contribution in [0.5, 0.6) is 0 Å². The third kappa shape index (κ3) is 6.35. The van der Waals surface area contributed by atoms with E-state index in [0.29, 0.717) is 23.3 Å². The van der Waals surface area contributed by atoms with Gasteiger partial charge < -0.3 is 0 Å². The number of benzene rings is 5. The summed E-state index contributed by atoms with van der Waals surface area (Å²) in [5.74, 6) is 2.55. The van der Waals surface area contributed by atoms with Gasteiger partial charge in [-0.15, -0.1) is 0 Å². The highest BCUT2D eigenvalue weighted by Crippen LogP contribution is 2.35. The topological polar surface area (TPSA) is 77.3 Å². The first-order valence-electron chi connectivity index (χ1n) is 16.1. The Morgan fingerprint density at radius 1 is 0.306 bits per heavy atom. The van der Waals surface area contributed by atoms with Crippen LogP contribution < -0.4 is 0 Å². The SMILES string of the molecule is Cc1ncccc1-c1ccc(-c2cc(-c3ccc(-c4ncccn4)cc3)cc(-c3nc(-c4ccccc4)nc(-c4ccccc4)n3)c2)cc1. The highest BCUT2D eigenvalue weighted by Gasteiger charge is 2.15. The van der Waals surface area contributed by atoms with Crippen LogP contribution >= 0.6 is 0 Å². The van der Waals surface area contributed by atoms with Crippen molar-refractivity contribution < 1.29 is 0 Å². The summed E-state index contributed by atoms with van der Waals surface area (Å²) >= 11 is 0. The minimum absolute atomic E-state index is 0.604. The normalized spacial score (nSPS) is 11.0. The van der Waals surface area contributed by atoms with E-state index < -0.39 is 0 Å². The van der Waals surface area contributed by atoms with Gasteiger partial charge in [0.2, 0.25) is 0 Å². The predicted molar refractivity (Wildman–Crippen MR) is 196 cm³/mol. The Balaban J connectivity index is 1.28. The number of rotatable bonds is 7. The molecule has 6 nitrogen and oxygen atoms in total. The summed E-state index contributed by atoms with van der Waals surface area (Å²) in [6, 6.07) is 49.5. The van der Waals surface area contributed by atoms with Crippen LogP contribution in [0.15, 0.2) is 164 Å². The number of hydrogen-bond acceptors (Lipinski definition) is 6. The van der Waals surface area contributed by atoms with Crippen molar-refractivity contribution in [2.24, 2.45) is 0 Å². The predicted octanol–water partition coefficient (Wildman–Crippen LogP) is 10.0. The summed E-state index contributed by atoms with van der Waals surface area (Å²) < 4.78 is 0. The number of hydrogen-bond donors (Lipinski definition) is 0. The van der Waals surface area contributed by atoms with Crippen molar-refractivity contribution in [3.8, 4) is 78.9 Å². The van der Waals surface area contributed by atoms with Crippen LogP contribution in [0.3, 0.4) is 0 Å². The molecule has 232 valence electrons. The number of pyridine rings is 1. The van der Waals surface area contributed by atoms with Gasteiger partial charge in [0.1, 0.15) is 0 Å². The second kappa shape index (κ2) is 13.2. The quantitative estimate of drug-likeness (QED) is 0.174. The van der Waals surface area contributed by atoms with Gasteiger partial charge in [0.15, 0.2) is 23.3 Å². The van der Waals surface area contributed by atoms with E-state index in [1.807, 2.05) is 85.9 Å². The van der Waals surface area contributed by atoms with Crippen LogP contribution in [-0.4, -0.2) is 29.9 Å². The highest BCUT2D eigenvalue weighted by atomic mass is 15.0. The second-order valence-corrected chi connectivity index (χ2v) is 11.7. The molecule has 0 unspecified atom stereocenters. The Hall–Kier alpha value is -6.66. The van der Waals surface area contributed by atoms with Crippen molar-refractivity contribution in [2.75, 3.05) is 0 Å². The summed E-state index contributed by atoms with van der Waals surface area (Å²) in [5.41, 5.74) is 11.2. The molecule has 0 aliphatic heterocycles. The summed E-state index contributed by atoms with van der Waals surface area (Å²) in [5, 5.41) is 0. The minimum atomic E-state index is 0.604. The first kappa shape index (κ1) is 29.7. The van der Waals surface area contributed by atoms with Crippen molar-refractivity contribution in [3.63, 3.8) is 0 Å². The van der Waals surface area contributed by atoms with E-state index in [9.17, 15) is 0 Å². The maximum Gasteiger partial charge on any atom is 0.164 e. The maximum absolute atomic E-state index is 5.04. The molecule has 0 saturated heterocycles. The number of nitrogens with zero attached hydrogens (tertiary/aromatic N) is 6. The number of aryl methyl sites for hydroxylation is 1. The molecule has 49 heavy (non-hydrogen) atoms. The Kier molecular flexibility index (Phi) is 8.02. The van der Waals surface area contributed by atoms with Gasteiger partial charge in [-0.2, -0.15) is 0 Å². The van der Waals surface area contributed by atoms with E-state index in [4.69, 9.17) is 15.0 Å². The van der Waals surface area contributed by atoms with Gasteiger partial charge in [-0.05, 0) is 65.1 Å². The van der Waals surface area contributed by atoms with E-state index in [0.717, 1.165) is 61.3 Å². The number of aromatic nitrogens is 6. The Morgan fingerprint density at radius 3 is 1.27 bits per heavy atom. The lowest BCUT2D eigenvalue weighted by Gasteiger charge is -2.13. The molecule has 8 rings (SSSR count). The molecule has 0 saturated carbocycles. The molecule has 0 amide bonds. The van der Waals surface area contributed by atoms with Crippen molar-refractivity contribution in [2.45, 2.75) is 6.92 Å². The minimum Gasteiger partial charge on any atom is -0.261 e. The molecule has 6 heteroatoms. The summed E-state index contributed by atoms with van der Waals surface area (Å²) in [6.07, 6.45) is 5.34. The molecule has 0 spiro atoms. The van der Waals surface area contributed by atoms with E-state index in [1.54, 1.807) is 12.4 Å². The van der Waals surface area contributed by atoms with Crippen molar-refractivity contribution in [3.05, 3.63) is 170 Å². The molecule has 0 bridgehead atoms. The highest BCUT2D eigenvalue weighted by molar-refractivity contribution is 5.82. The lowest BCUT2D eigenvalue weighted by atomic mass is 9.94. The molecular weight excluding hydrogens is 601 g/mol. The van der Waals surface area contributed by atoms with Crippen LogP contribution in [0.1, 0.15) is 5.69 Å². The van der Waals surface area contributed by atoms with E-state index >= 15 is 0 Å². The molecule has 5 aromatic carbocycles. The Morgan fingerprint density at radius 2 is 0.735 bits per heavy atom. The van der Waals surface area contributed by atoms with E-state index in [-0.39, 0.29) is 0 Å². The molecule has 0 aliphatic carbocycles. The van der Waals surface area contributed by atoms with Gasteiger partial charge in [0.05, 0.1) is 0 Å². The molecule has 3 aromatic heterocycles. The molecular formula is C43H30N6. The molecule has 0 N–H and O–H groups in total. The van der Waals surface area contributed by atoms with Crippen LogP contribution in [0, 0.1) is 6.92 Å². The average Bonchev–Trinajstić information content (AvgIpc) is 3.19. The van der Waals surface area contributed by atoms with Gasteiger partial charge in [-0.3, -0.25) is 4.98 Å². The summed E-state index contributed by atoms with van der Waals surface area (Å²) in [6.45, 7) is 2.04. The van der Waals surface area contributed by atoms with Crippen LogP contribution in [0.2, 0.25) is 0 Å². The fourth-order valence-electron chi connectivity index (χ4n) is 5.92. The lowest BCUT2D eigenvalue weighted by molar-refractivity contribution is 1.07. The van der Waals surface area contributed by atoms with E-state index in [2.05, 4.69) is 87.7 Å². The van der Waals surface area contributed by atoms with Gasteiger partial charge in [0.25, 0.3) is 0 Å². The standard InChI is InChI=1S/C43H30N6/c1-29-39(14-8-23-44-29)32-19-15-30(16-20-32)36-26-37(31-17-21-35(22-18-31)40-45-24-9-25-46-40)28-38(27-36)43-48-41(33-10-4-2-5-11-33)47-42(49-43)34-12-6-3-7-13-34/h2-28H,1H3. The molecule has 8 aromatic rings. The molecule has 0 aliphatic rings. The van der Waals surface area contributed by atoms with Crippen molar-refractivity contribution in [1.29, 1.82) is 0 Å². The van der Waals surface area contributed by atoms with Crippen LogP contribution in [-0.2, 0) is 0 Å². The zero-order chi connectivity index (χ0) is 33.0. The Labute approximate surface area is 285 Å². The first-order chi connectivity index (χ1) is 24.2. The zero-order valence-electron chi connectivity index (χ0n) is 26.8. The van der Waals surface area contributed by atoms with Gasteiger partial charge in [-0.25, -0.2) is 24.9 Å². The summed E-state index contributed by atoms with van der Waals surface area (Å²) in [7, 11) is 0. The Bertz CT molecular complexity index is 2300. The zero-order valence-corrected chi connectivity index (χ0v) is 26.8.